The molecular formula is C12H16N4O3S2. The smallest absolute Gasteiger partial charge is 0.350 e. The lowest BCUT2D eigenvalue weighted by molar-refractivity contribution is 0.0533. The molecule has 2 heterocycles. The van der Waals surface area contributed by atoms with Crippen LogP contribution in [0.3, 0.4) is 0 Å². The van der Waals surface area contributed by atoms with E-state index in [4.69, 9.17) is 10.5 Å². The average molecular weight is 328 g/mol. The number of hydrogen-bond donors (Lipinski definition) is 2. The summed E-state index contributed by atoms with van der Waals surface area (Å²) < 4.78 is 9.68. The SMILES string of the molecule is CCOC(=O)c1sc(NCCc2ncon2)c(SC)c1N. The molecule has 2 aromatic heterocycles. The van der Waals surface area contributed by atoms with Crippen LogP contribution < -0.4 is 11.1 Å². The van der Waals surface area contributed by atoms with E-state index in [1.807, 2.05) is 6.26 Å². The first-order valence-corrected chi connectivity index (χ1v) is 8.34. The molecule has 0 fully saturated rings. The van der Waals surface area contributed by atoms with Gasteiger partial charge in [-0.25, -0.2) is 4.79 Å². The number of thioether (sulfide) groups is 1. The molecule has 2 aromatic rings. The lowest BCUT2D eigenvalue weighted by Crippen LogP contribution is -2.05. The van der Waals surface area contributed by atoms with Crippen LogP contribution in [0.15, 0.2) is 15.8 Å². The van der Waals surface area contributed by atoms with E-state index in [2.05, 4.69) is 20.0 Å². The van der Waals surface area contributed by atoms with E-state index < -0.39 is 0 Å². The van der Waals surface area contributed by atoms with E-state index in [-0.39, 0.29) is 5.97 Å². The number of hydrogen-bond acceptors (Lipinski definition) is 9. The fourth-order valence-corrected chi connectivity index (χ4v) is 3.64. The van der Waals surface area contributed by atoms with Crippen LogP contribution >= 0.6 is 23.1 Å². The van der Waals surface area contributed by atoms with Crippen LogP contribution in [0.25, 0.3) is 0 Å². The second-order valence-corrected chi connectivity index (χ2v) is 5.79. The molecule has 0 saturated carbocycles. The Balaban J connectivity index is 2.07. The number of carbonyl (C=O) groups excluding carboxylic acids is 1. The van der Waals surface area contributed by atoms with Gasteiger partial charge in [0.05, 0.1) is 17.2 Å². The summed E-state index contributed by atoms with van der Waals surface area (Å²) in [5.41, 5.74) is 6.49. The lowest BCUT2D eigenvalue weighted by Gasteiger charge is -2.04. The molecule has 21 heavy (non-hydrogen) atoms. The van der Waals surface area contributed by atoms with Crippen molar-refractivity contribution < 1.29 is 14.1 Å². The van der Waals surface area contributed by atoms with E-state index in [9.17, 15) is 4.79 Å². The molecule has 0 aliphatic rings. The van der Waals surface area contributed by atoms with E-state index in [1.54, 1.807) is 6.92 Å². The van der Waals surface area contributed by atoms with Gasteiger partial charge in [-0.2, -0.15) is 4.98 Å². The molecule has 0 bridgehead atoms. The van der Waals surface area contributed by atoms with Crippen molar-refractivity contribution in [3.8, 4) is 0 Å². The molecule has 0 unspecified atom stereocenters. The van der Waals surface area contributed by atoms with Gasteiger partial charge in [0.2, 0.25) is 6.39 Å². The van der Waals surface area contributed by atoms with Gasteiger partial charge in [-0.3, -0.25) is 0 Å². The highest BCUT2D eigenvalue weighted by Gasteiger charge is 2.21. The number of anilines is 2. The molecule has 0 spiro atoms. The second kappa shape index (κ2) is 7.32. The lowest BCUT2D eigenvalue weighted by atomic mass is 10.4. The van der Waals surface area contributed by atoms with Gasteiger partial charge < -0.3 is 20.3 Å². The number of carbonyl (C=O) groups is 1. The first-order chi connectivity index (χ1) is 10.2. The van der Waals surface area contributed by atoms with Crippen LogP contribution in [0, 0.1) is 0 Å². The summed E-state index contributed by atoms with van der Waals surface area (Å²) in [7, 11) is 0. The van der Waals surface area contributed by atoms with Crippen molar-refractivity contribution in [3.05, 3.63) is 17.1 Å². The fraction of sp³-hybridized carbons (Fsp3) is 0.417. The predicted molar refractivity (Wildman–Crippen MR) is 83.0 cm³/mol. The fourth-order valence-electron chi connectivity index (χ4n) is 1.69. The van der Waals surface area contributed by atoms with Crippen LogP contribution in [-0.4, -0.2) is 35.5 Å². The summed E-state index contributed by atoms with van der Waals surface area (Å²) in [6, 6.07) is 0. The maximum absolute atomic E-state index is 11.8. The standard InChI is InChI=1S/C12H16N4O3S2/c1-3-18-12(17)10-8(13)9(20-2)11(21-10)14-5-4-7-15-6-19-16-7/h6,14H,3-5,13H2,1-2H3. The summed E-state index contributed by atoms with van der Waals surface area (Å²) in [6.45, 7) is 2.71. The summed E-state index contributed by atoms with van der Waals surface area (Å²) in [5, 5.41) is 7.84. The Hall–Kier alpha value is -1.74. The number of nitrogens with two attached hydrogens (primary N) is 1. The highest BCUT2D eigenvalue weighted by atomic mass is 32.2. The normalized spacial score (nSPS) is 10.6. The van der Waals surface area contributed by atoms with Crippen molar-refractivity contribution in [1.29, 1.82) is 0 Å². The van der Waals surface area contributed by atoms with Gasteiger partial charge >= 0.3 is 5.97 Å². The Labute approximate surface area is 130 Å². The largest absolute Gasteiger partial charge is 0.462 e. The van der Waals surface area contributed by atoms with E-state index in [1.165, 1.54) is 29.5 Å². The monoisotopic (exact) mass is 328 g/mol. The van der Waals surface area contributed by atoms with Gasteiger partial charge in [-0.05, 0) is 13.2 Å². The van der Waals surface area contributed by atoms with Gasteiger partial charge in [-0.1, -0.05) is 5.16 Å². The van der Waals surface area contributed by atoms with Gasteiger partial charge in [0.15, 0.2) is 5.82 Å². The van der Waals surface area contributed by atoms with Gasteiger partial charge in [0.1, 0.15) is 9.88 Å². The average Bonchev–Trinajstić information content (AvgIpc) is 3.07. The second-order valence-electron chi connectivity index (χ2n) is 3.95. The third-order valence-electron chi connectivity index (χ3n) is 2.61. The zero-order chi connectivity index (χ0) is 15.2. The number of nitrogens with zero attached hydrogens (tertiary/aromatic N) is 2. The van der Waals surface area contributed by atoms with Gasteiger partial charge in [0.25, 0.3) is 0 Å². The Kier molecular flexibility index (Phi) is 5.45. The minimum atomic E-state index is -0.387. The van der Waals surface area contributed by atoms with Crippen LogP contribution in [0.4, 0.5) is 10.7 Å². The van der Waals surface area contributed by atoms with Gasteiger partial charge in [-0.15, -0.1) is 23.1 Å². The molecule has 2 rings (SSSR count). The van der Waals surface area contributed by atoms with Crippen molar-refractivity contribution in [2.24, 2.45) is 0 Å². The summed E-state index contributed by atoms with van der Waals surface area (Å²) in [4.78, 5) is 17.1. The minimum Gasteiger partial charge on any atom is -0.462 e. The third-order valence-corrected chi connectivity index (χ3v) is 4.71. The quantitative estimate of drug-likeness (QED) is 0.589. The minimum absolute atomic E-state index is 0.325. The number of thiophene rings is 1. The molecule has 0 aliphatic carbocycles. The molecular weight excluding hydrogens is 312 g/mol. The Morgan fingerprint density at radius 3 is 3.05 bits per heavy atom. The van der Waals surface area contributed by atoms with Crippen molar-refractivity contribution in [1.82, 2.24) is 10.1 Å². The first-order valence-electron chi connectivity index (χ1n) is 6.29. The molecule has 0 radical (unpaired) electrons. The van der Waals surface area contributed by atoms with Crippen LogP contribution in [0.5, 0.6) is 0 Å². The van der Waals surface area contributed by atoms with Crippen LogP contribution in [-0.2, 0) is 11.2 Å². The van der Waals surface area contributed by atoms with Gasteiger partial charge in [0, 0.05) is 13.0 Å². The summed E-state index contributed by atoms with van der Waals surface area (Å²) in [5.74, 6) is 0.241. The van der Waals surface area contributed by atoms with Crippen LogP contribution in [0.2, 0.25) is 0 Å². The maximum Gasteiger partial charge on any atom is 0.350 e. The van der Waals surface area contributed by atoms with Crippen molar-refractivity contribution in [2.45, 2.75) is 18.2 Å². The zero-order valence-corrected chi connectivity index (χ0v) is 13.3. The Morgan fingerprint density at radius 2 is 2.43 bits per heavy atom. The zero-order valence-electron chi connectivity index (χ0n) is 11.7. The van der Waals surface area contributed by atoms with Crippen molar-refractivity contribution in [3.63, 3.8) is 0 Å². The number of nitrogens with one attached hydrogen (secondary N) is 1. The predicted octanol–water partition coefficient (Wildman–Crippen LogP) is 2.27. The van der Waals surface area contributed by atoms with E-state index in [0.29, 0.717) is 36.0 Å². The number of ether oxygens (including phenoxy) is 1. The molecule has 0 aliphatic heterocycles. The molecule has 0 saturated heterocycles. The van der Waals surface area contributed by atoms with Crippen LogP contribution in [0.1, 0.15) is 22.4 Å². The Morgan fingerprint density at radius 1 is 1.62 bits per heavy atom. The first kappa shape index (κ1) is 15.6. The van der Waals surface area contributed by atoms with E-state index in [0.717, 1.165) is 9.90 Å². The summed E-state index contributed by atoms with van der Waals surface area (Å²) in [6.07, 6.45) is 3.83. The molecule has 3 N–H and O–H groups in total. The highest BCUT2D eigenvalue weighted by Crippen LogP contribution is 2.41. The highest BCUT2D eigenvalue weighted by molar-refractivity contribution is 7.99. The number of aromatic nitrogens is 2. The molecule has 114 valence electrons. The topological polar surface area (TPSA) is 103 Å². The third kappa shape index (κ3) is 3.67. The van der Waals surface area contributed by atoms with Crippen molar-refractivity contribution >= 4 is 39.8 Å². The number of rotatable bonds is 7. The molecule has 0 atom stereocenters. The maximum atomic E-state index is 11.8. The Bertz CT molecular complexity index is 598. The summed E-state index contributed by atoms with van der Waals surface area (Å²) >= 11 is 2.79. The van der Waals surface area contributed by atoms with E-state index >= 15 is 0 Å². The molecule has 0 aromatic carbocycles. The number of esters is 1. The molecule has 7 nitrogen and oxygen atoms in total. The molecule has 0 amide bonds. The number of nitrogen functional groups attached to an aromatic ring is 1. The van der Waals surface area contributed by atoms with Crippen molar-refractivity contribution in [2.75, 3.05) is 30.5 Å². The molecule has 9 heteroatoms.